The average molecular weight is 278 g/mol. The van der Waals surface area contributed by atoms with Gasteiger partial charge in [0.2, 0.25) is 0 Å². The third-order valence-corrected chi connectivity index (χ3v) is 3.35. The molecule has 6 nitrogen and oxygen atoms in total. The van der Waals surface area contributed by atoms with Gasteiger partial charge in [0.1, 0.15) is 5.75 Å². The quantitative estimate of drug-likeness (QED) is 0.770. The van der Waals surface area contributed by atoms with Gasteiger partial charge in [0.05, 0.1) is 0 Å². The van der Waals surface area contributed by atoms with E-state index in [1.54, 1.807) is 24.3 Å². The van der Waals surface area contributed by atoms with Crippen LogP contribution in [0.15, 0.2) is 24.3 Å². The second kappa shape index (κ2) is 5.81. The molecule has 2 rings (SSSR count). The van der Waals surface area contributed by atoms with E-state index in [4.69, 9.17) is 9.84 Å². The second-order valence-electron chi connectivity index (χ2n) is 5.20. The number of carbonyl (C=O) groups is 2. The molecule has 2 amide bonds. The minimum atomic E-state index is -1.03. The van der Waals surface area contributed by atoms with Gasteiger partial charge in [0.25, 0.3) is 0 Å². The fourth-order valence-electron chi connectivity index (χ4n) is 2.05. The SMILES string of the molecule is CC1(NC(=O)Nc2ccc(OCC(=O)O)cc2)CCC1. The maximum Gasteiger partial charge on any atom is 0.341 e. The van der Waals surface area contributed by atoms with Crippen LogP contribution in [0.5, 0.6) is 5.75 Å². The highest BCUT2D eigenvalue weighted by Gasteiger charge is 2.33. The van der Waals surface area contributed by atoms with Gasteiger partial charge in [-0.2, -0.15) is 0 Å². The molecule has 1 aromatic rings. The van der Waals surface area contributed by atoms with Gasteiger partial charge < -0.3 is 20.5 Å². The van der Waals surface area contributed by atoms with Crippen molar-refractivity contribution in [3.8, 4) is 5.75 Å². The maximum absolute atomic E-state index is 11.8. The number of carboxylic acids is 1. The summed E-state index contributed by atoms with van der Waals surface area (Å²) in [5.74, 6) is -0.579. The molecule has 1 fully saturated rings. The second-order valence-corrected chi connectivity index (χ2v) is 5.20. The van der Waals surface area contributed by atoms with Crippen LogP contribution >= 0.6 is 0 Å². The van der Waals surface area contributed by atoms with Crippen LogP contribution in [-0.4, -0.2) is 29.3 Å². The monoisotopic (exact) mass is 278 g/mol. The van der Waals surface area contributed by atoms with Crippen LogP contribution in [0.1, 0.15) is 26.2 Å². The van der Waals surface area contributed by atoms with Crippen molar-refractivity contribution in [1.82, 2.24) is 5.32 Å². The molecule has 0 unspecified atom stereocenters. The highest BCUT2D eigenvalue weighted by Crippen LogP contribution is 2.30. The molecule has 0 saturated heterocycles. The Balaban J connectivity index is 1.83. The van der Waals surface area contributed by atoms with E-state index in [0.717, 1.165) is 19.3 Å². The number of aliphatic carboxylic acids is 1. The van der Waals surface area contributed by atoms with Crippen LogP contribution in [0.3, 0.4) is 0 Å². The van der Waals surface area contributed by atoms with Crippen molar-refractivity contribution in [2.45, 2.75) is 31.7 Å². The highest BCUT2D eigenvalue weighted by molar-refractivity contribution is 5.89. The fraction of sp³-hybridized carbons (Fsp3) is 0.429. The van der Waals surface area contributed by atoms with Crippen LogP contribution in [0.25, 0.3) is 0 Å². The van der Waals surface area contributed by atoms with Gasteiger partial charge in [0, 0.05) is 11.2 Å². The van der Waals surface area contributed by atoms with Crippen LogP contribution in [0, 0.1) is 0 Å². The van der Waals surface area contributed by atoms with E-state index in [0.29, 0.717) is 11.4 Å². The molecule has 1 aliphatic rings. The van der Waals surface area contributed by atoms with Crippen molar-refractivity contribution in [3.05, 3.63) is 24.3 Å². The van der Waals surface area contributed by atoms with Crippen molar-refractivity contribution in [2.75, 3.05) is 11.9 Å². The van der Waals surface area contributed by atoms with Gasteiger partial charge >= 0.3 is 12.0 Å². The summed E-state index contributed by atoms with van der Waals surface area (Å²) in [5, 5.41) is 14.2. The Morgan fingerprint density at radius 3 is 2.45 bits per heavy atom. The molecule has 108 valence electrons. The van der Waals surface area contributed by atoms with Gasteiger partial charge in [-0.15, -0.1) is 0 Å². The van der Waals surface area contributed by atoms with Crippen LogP contribution < -0.4 is 15.4 Å². The Morgan fingerprint density at radius 1 is 1.30 bits per heavy atom. The lowest BCUT2D eigenvalue weighted by atomic mass is 9.79. The Hall–Kier alpha value is -2.24. The van der Waals surface area contributed by atoms with Gasteiger partial charge in [-0.1, -0.05) is 0 Å². The van der Waals surface area contributed by atoms with Crippen molar-refractivity contribution in [1.29, 1.82) is 0 Å². The largest absolute Gasteiger partial charge is 0.482 e. The molecule has 0 radical (unpaired) electrons. The highest BCUT2D eigenvalue weighted by atomic mass is 16.5. The number of amides is 2. The number of benzene rings is 1. The van der Waals surface area contributed by atoms with E-state index in [2.05, 4.69) is 10.6 Å². The summed E-state index contributed by atoms with van der Waals surface area (Å²) in [6.07, 6.45) is 3.15. The van der Waals surface area contributed by atoms with E-state index >= 15 is 0 Å². The van der Waals surface area contributed by atoms with Crippen molar-refractivity contribution >= 4 is 17.7 Å². The zero-order chi connectivity index (χ0) is 14.6. The molecule has 0 atom stereocenters. The Kier molecular flexibility index (Phi) is 4.12. The van der Waals surface area contributed by atoms with Crippen LogP contribution in [0.2, 0.25) is 0 Å². The maximum atomic E-state index is 11.8. The molecule has 0 bridgehead atoms. The van der Waals surface area contributed by atoms with E-state index in [1.165, 1.54) is 0 Å². The number of ether oxygens (including phenoxy) is 1. The summed E-state index contributed by atoms with van der Waals surface area (Å²) < 4.78 is 5.01. The number of anilines is 1. The fourth-order valence-corrected chi connectivity index (χ4v) is 2.05. The minimum Gasteiger partial charge on any atom is -0.482 e. The zero-order valence-electron chi connectivity index (χ0n) is 11.3. The molecular formula is C14H18N2O4. The van der Waals surface area contributed by atoms with Crippen molar-refractivity contribution in [3.63, 3.8) is 0 Å². The lowest BCUT2D eigenvalue weighted by Gasteiger charge is -2.38. The summed E-state index contributed by atoms with van der Waals surface area (Å²) in [6.45, 7) is 1.64. The average Bonchev–Trinajstić information content (AvgIpc) is 2.36. The number of urea groups is 1. The molecule has 0 heterocycles. The van der Waals surface area contributed by atoms with Gasteiger partial charge in [0.15, 0.2) is 6.61 Å². The topological polar surface area (TPSA) is 87.7 Å². The normalized spacial score (nSPS) is 15.8. The lowest BCUT2D eigenvalue weighted by molar-refractivity contribution is -0.139. The molecule has 3 N–H and O–H groups in total. The van der Waals surface area contributed by atoms with E-state index in [-0.39, 0.29) is 18.2 Å². The molecule has 1 aromatic carbocycles. The Labute approximate surface area is 117 Å². The van der Waals surface area contributed by atoms with Crippen molar-refractivity contribution in [2.24, 2.45) is 0 Å². The Morgan fingerprint density at radius 2 is 1.95 bits per heavy atom. The molecular weight excluding hydrogens is 260 g/mol. The first-order valence-electron chi connectivity index (χ1n) is 6.51. The number of nitrogens with one attached hydrogen (secondary N) is 2. The predicted molar refractivity (Wildman–Crippen MR) is 74.0 cm³/mol. The third kappa shape index (κ3) is 3.88. The number of carbonyl (C=O) groups excluding carboxylic acids is 1. The molecule has 6 heteroatoms. The van der Waals surface area contributed by atoms with E-state index < -0.39 is 5.97 Å². The first kappa shape index (κ1) is 14.2. The van der Waals surface area contributed by atoms with Gasteiger partial charge in [-0.25, -0.2) is 9.59 Å². The number of hydrogen-bond acceptors (Lipinski definition) is 3. The third-order valence-electron chi connectivity index (χ3n) is 3.35. The molecule has 0 aromatic heterocycles. The smallest absolute Gasteiger partial charge is 0.341 e. The number of rotatable bonds is 5. The standard InChI is InChI=1S/C14H18N2O4/c1-14(7-2-8-14)16-13(19)15-10-3-5-11(6-4-10)20-9-12(17)18/h3-6H,2,7-9H2,1H3,(H,17,18)(H2,15,16,19). The minimum absolute atomic E-state index is 0.0887. The molecule has 0 spiro atoms. The first-order chi connectivity index (χ1) is 9.47. The van der Waals surface area contributed by atoms with E-state index in [9.17, 15) is 9.59 Å². The van der Waals surface area contributed by atoms with Crippen molar-refractivity contribution < 1.29 is 19.4 Å². The predicted octanol–water partition coefficient (Wildman–Crippen LogP) is 2.21. The summed E-state index contributed by atoms with van der Waals surface area (Å²) in [4.78, 5) is 22.2. The van der Waals surface area contributed by atoms with Crippen LogP contribution in [-0.2, 0) is 4.79 Å². The molecule has 20 heavy (non-hydrogen) atoms. The Bertz CT molecular complexity index is 494. The molecule has 0 aliphatic heterocycles. The van der Waals surface area contributed by atoms with E-state index in [1.807, 2.05) is 6.92 Å². The molecule has 1 saturated carbocycles. The summed E-state index contributed by atoms with van der Waals surface area (Å²) >= 11 is 0. The first-order valence-corrected chi connectivity index (χ1v) is 6.51. The summed E-state index contributed by atoms with van der Waals surface area (Å²) in [6, 6.07) is 6.33. The van der Waals surface area contributed by atoms with Gasteiger partial charge in [-0.05, 0) is 50.5 Å². The summed E-state index contributed by atoms with van der Waals surface area (Å²) in [5.41, 5.74) is 0.544. The number of carboxylic acid groups (broad SMARTS) is 1. The van der Waals surface area contributed by atoms with Gasteiger partial charge in [-0.3, -0.25) is 0 Å². The number of hydrogen-bond donors (Lipinski definition) is 3. The lowest BCUT2D eigenvalue weighted by Crippen LogP contribution is -2.52. The molecule has 1 aliphatic carbocycles. The summed E-state index contributed by atoms with van der Waals surface area (Å²) in [7, 11) is 0. The van der Waals surface area contributed by atoms with Crippen LogP contribution in [0.4, 0.5) is 10.5 Å². The zero-order valence-corrected chi connectivity index (χ0v) is 11.3.